The number of likely N-dealkylation sites (N-methyl/N-ethyl adjacent to an activating group) is 1. The van der Waals surface area contributed by atoms with Crippen LogP contribution in [-0.4, -0.2) is 61.9 Å². The summed E-state index contributed by atoms with van der Waals surface area (Å²) in [5, 5.41) is 21.5. The number of carbonyl (C=O) groups excluding carboxylic acids is 1. The average Bonchev–Trinajstić information content (AvgIpc) is 2.81. The van der Waals surface area contributed by atoms with Crippen LogP contribution >= 0.6 is 0 Å². The zero-order chi connectivity index (χ0) is 23.5. The van der Waals surface area contributed by atoms with E-state index in [0.29, 0.717) is 23.7 Å². The molecule has 7 nitrogen and oxygen atoms in total. The molecule has 7 heteroatoms. The van der Waals surface area contributed by atoms with Crippen LogP contribution in [0.25, 0.3) is 11.1 Å². The molecule has 1 fully saturated rings. The van der Waals surface area contributed by atoms with E-state index in [1.54, 1.807) is 12.1 Å². The molecule has 0 unspecified atom stereocenters. The second-order valence-electron chi connectivity index (χ2n) is 9.23. The fraction of sp³-hybridized carbons (Fsp3) is 0.423. The number of nitrogens with zero attached hydrogens (tertiary/aromatic N) is 1. The Balaban J connectivity index is 1.81. The molecule has 0 aromatic heterocycles. The normalized spacial score (nSPS) is 26.2. The highest BCUT2D eigenvalue weighted by Gasteiger charge is 2.57. The van der Waals surface area contributed by atoms with Crippen molar-refractivity contribution in [1.82, 2.24) is 4.90 Å². The standard InChI is InChI=1S/C26H29NO6/c1-27-8-7-26-13-20(29)22(32-3)12-17(26)18(27)10-16-15(11-23(33-4)25(30)24(16)26)14-5-6-19(28)21(9-14)31-2/h5-6,9,11-12,17-18,28,30H,7-8,10,13H2,1-4H3/t17-,18-,26+/m1/s1. The van der Waals surface area contributed by atoms with Gasteiger partial charge in [0, 0.05) is 29.4 Å². The second-order valence-corrected chi connectivity index (χ2v) is 9.23. The van der Waals surface area contributed by atoms with Crippen molar-refractivity contribution in [3.05, 3.63) is 47.2 Å². The van der Waals surface area contributed by atoms with Gasteiger partial charge in [0.25, 0.3) is 0 Å². The fourth-order valence-electron chi connectivity index (χ4n) is 6.21. The van der Waals surface area contributed by atoms with Gasteiger partial charge in [-0.25, -0.2) is 0 Å². The van der Waals surface area contributed by atoms with Crippen LogP contribution in [0.5, 0.6) is 23.0 Å². The predicted octanol–water partition coefficient (Wildman–Crippen LogP) is 3.40. The summed E-state index contributed by atoms with van der Waals surface area (Å²) in [5.74, 6) is 1.32. The van der Waals surface area contributed by atoms with Gasteiger partial charge in [0.2, 0.25) is 0 Å². The third kappa shape index (κ3) is 3.02. The molecule has 5 rings (SSSR count). The van der Waals surface area contributed by atoms with Gasteiger partial charge in [-0.1, -0.05) is 6.07 Å². The summed E-state index contributed by atoms with van der Waals surface area (Å²) in [5.41, 5.74) is 3.04. The molecule has 2 aromatic carbocycles. The van der Waals surface area contributed by atoms with E-state index in [0.717, 1.165) is 35.2 Å². The number of ketones is 1. The number of phenolic OH excluding ortho intramolecular Hbond substituents is 2. The van der Waals surface area contributed by atoms with Crippen LogP contribution in [0, 0.1) is 5.92 Å². The minimum atomic E-state index is -0.530. The van der Waals surface area contributed by atoms with E-state index in [-0.39, 0.29) is 35.7 Å². The number of piperidine rings is 1. The smallest absolute Gasteiger partial charge is 0.197 e. The Morgan fingerprint density at radius 1 is 1.06 bits per heavy atom. The average molecular weight is 452 g/mol. The first-order valence-corrected chi connectivity index (χ1v) is 11.1. The molecule has 3 aliphatic rings. The molecule has 33 heavy (non-hydrogen) atoms. The number of carbonyl (C=O) groups is 1. The Labute approximate surface area is 193 Å². The molecule has 3 atom stereocenters. The molecule has 1 aliphatic heterocycles. The number of benzene rings is 2. The van der Waals surface area contributed by atoms with Crippen molar-refractivity contribution in [3.8, 4) is 34.1 Å². The topological polar surface area (TPSA) is 88.5 Å². The molecular weight excluding hydrogens is 422 g/mol. The van der Waals surface area contributed by atoms with E-state index in [1.807, 2.05) is 18.2 Å². The number of rotatable bonds is 4. The first-order chi connectivity index (χ1) is 15.8. The lowest BCUT2D eigenvalue weighted by Gasteiger charge is -2.56. The monoisotopic (exact) mass is 451 g/mol. The highest BCUT2D eigenvalue weighted by Crippen LogP contribution is 2.59. The van der Waals surface area contributed by atoms with Crippen molar-refractivity contribution in [3.63, 3.8) is 0 Å². The number of hydrogen-bond donors (Lipinski definition) is 2. The second kappa shape index (κ2) is 7.70. The Bertz CT molecular complexity index is 1170. The Morgan fingerprint density at radius 3 is 2.52 bits per heavy atom. The van der Waals surface area contributed by atoms with Crippen molar-refractivity contribution < 1.29 is 29.2 Å². The van der Waals surface area contributed by atoms with Crippen molar-refractivity contribution in [2.45, 2.75) is 30.7 Å². The highest BCUT2D eigenvalue weighted by atomic mass is 16.5. The summed E-state index contributed by atoms with van der Waals surface area (Å²) < 4.78 is 16.3. The number of fused-ring (bicyclic) bond motifs is 1. The van der Waals surface area contributed by atoms with Gasteiger partial charge in [0.1, 0.15) is 0 Å². The summed E-state index contributed by atoms with van der Waals surface area (Å²) in [4.78, 5) is 15.4. The molecule has 2 aromatic rings. The van der Waals surface area contributed by atoms with Crippen LogP contribution in [0.4, 0.5) is 0 Å². The van der Waals surface area contributed by atoms with Crippen LogP contribution in [0.1, 0.15) is 24.0 Å². The summed E-state index contributed by atoms with van der Waals surface area (Å²) in [6.07, 6.45) is 3.71. The molecule has 0 spiro atoms. The van der Waals surface area contributed by atoms with E-state index >= 15 is 0 Å². The van der Waals surface area contributed by atoms with Gasteiger partial charge < -0.3 is 29.3 Å². The first kappa shape index (κ1) is 21.6. The number of aromatic hydroxyl groups is 2. The molecule has 174 valence electrons. The maximum atomic E-state index is 13.0. The van der Waals surface area contributed by atoms with E-state index in [9.17, 15) is 15.0 Å². The van der Waals surface area contributed by atoms with Gasteiger partial charge in [-0.15, -0.1) is 0 Å². The first-order valence-electron chi connectivity index (χ1n) is 11.1. The number of methoxy groups -OCH3 is 3. The summed E-state index contributed by atoms with van der Waals surface area (Å²) in [7, 11) is 6.70. The van der Waals surface area contributed by atoms with E-state index < -0.39 is 5.41 Å². The Kier molecular flexibility index (Phi) is 5.05. The molecular formula is C26H29NO6. The lowest BCUT2D eigenvalue weighted by Crippen LogP contribution is -2.60. The van der Waals surface area contributed by atoms with Gasteiger partial charge in [0.05, 0.1) is 21.3 Å². The van der Waals surface area contributed by atoms with Gasteiger partial charge in [-0.05, 0) is 67.4 Å². The maximum Gasteiger partial charge on any atom is 0.197 e. The van der Waals surface area contributed by atoms with Gasteiger partial charge in [-0.3, -0.25) is 4.79 Å². The fourth-order valence-corrected chi connectivity index (χ4v) is 6.21. The molecule has 0 saturated carbocycles. The third-order valence-electron chi connectivity index (χ3n) is 7.83. The Morgan fingerprint density at radius 2 is 1.82 bits per heavy atom. The van der Waals surface area contributed by atoms with Crippen LogP contribution in [0.3, 0.4) is 0 Å². The van der Waals surface area contributed by atoms with E-state index in [2.05, 4.69) is 11.9 Å². The number of allylic oxidation sites excluding steroid dienone is 1. The molecule has 2 bridgehead atoms. The number of Topliss-reactive ketones (excluding diaryl/α,β-unsaturated/α-hetero) is 1. The lowest BCUT2D eigenvalue weighted by atomic mass is 9.53. The van der Waals surface area contributed by atoms with Crippen molar-refractivity contribution in [2.75, 3.05) is 34.9 Å². The number of ether oxygens (including phenoxy) is 3. The van der Waals surface area contributed by atoms with Gasteiger partial charge in [0.15, 0.2) is 34.5 Å². The zero-order valence-electron chi connectivity index (χ0n) is 19.3. The van der Waals surface area contributed by atoms with Crippen LogP contribution in [0.2, 0.25) is 0 Å². The molecule has 2 aliphatic carbocycles. The minimum Gasteiger partial charge on any atom is -0.504 e. The van der Waals surface area contributed by atoms with Gasteiger partial charge >= 0.3 is 0 Å². The van der Waals surface area contributed by atoms with E-state index in [1.165, 1.54) is 21.3 Å². The van der Waals surface area contributed by atoms with Crippen molar-refractivity contribution in [1.29, 1.82) is 0 Å². The summed E-state index contributed by atoms with van der Waals surface area (Å²) >= 11 is 0. The number of phenols is 2. The molecule has 0 radical (unpaired) electrons. The largest absolute Gasteiger partial charge is 0.504 e. The van der Waals surface area contributed by atoms with Crippen molar-refractivity contribution >= 4 is 5.78 Å². The molecule has 1 saturated heterocycles. The summed E-state index contributed by atoms with van der Waals surface area (Å²) in [6, 6.07) is 7.24. The molecule has 1 heterocycles. The third-order valence-corrected chi connectivity index (χ3v) is 7.83. The van der Waals surface area contributed by atoms with Crippen molar-refractivity contribution in [2.24, 2.45) is 5.92 Å². The number of hydrogen-bond acceptors (Lipinski definition) is 7. The predicted molar refractivity (Wildman–Crippen MR) is 123 cm³/mol. The van der Waals surface area contributed by atoms with E-state index in [4.69, 9.17) is 14.2 Å². The minimum absolute atomic E-state index is 0.0385. The SMILES string of the molecule is COC1=C[C@@H]2[C@H]3Cc4c(-c5ccc(O)c(OC)c5)cc(OC)c(O)c4[C@@]2(CCN3C)CC1=O. The molecule has 2 N–H and O–H groups in total. The maximum absolute atomic E-state index is 13.0. The van der Waals surface area contributed by atoms with Crippen LogP contribution in [0.15, 0.2) is 36.1 Å². The van der Waals surface area contributed by atoms with Crippen LogP contribution < -0.4 is 9.47 Å². The Hall–Kier alpha value is -3.19. The number of likely N-dealkylation sites (tertiary alicyclic amines) is 1. The summed E-state index contributed by atoms with van der Waals surface area (Å²) in [6.45, 7) is 0.836. The quantitative estimate of drug-likeness (QED) is 0.737. The highest BCUT2D eigenvalue weighted by molar-refractivity contribution is 5.96. The molecule has 0 amide bonds. The van der Waals surface area contributed by atoms with Gasteiger partial charge in [-0.2, -0.15) is 0 Å². The zero-order valence-corrected chi connectivity index (χ0v) is 19.3. The van der Waals surface area contributed by atoms with Crippen LogP contribution in [-0.2, 0) is 21.4 Å². The lowest BCUT2D eigenvalue weighted by molar-refractivity contribution is -0.122.